The standard InChI is InChI=1S/C9H11NO2S.ClH/c1-12-9(11)7-4-8-6(5-10-7)2-3-13-8;/h2-3,7,10H,4-5H2,1H3;1H/t7-;/m1./s1. The van der Waals surface area contributed by atoms with Crippen LogP contribution in [0, 0.1) is 0 Å². The van der Waals surface area contributed by atoms with E-state index in [1.165, 1.54) is 17.6 Å². The van der Waals surface area contributed by atoms with Crippen LogP contribution in [-0.2, 0) is 22.5 Å². The Bertz CT molecular complexity index is 326. The Kier molecular flexibility index (Phi) is 3.92. The van der Waals surface area contributed by atoms with Gasteiger partial charge in [0.2, 0.25) is 0 Å². The van der Waals surface area contributed by atoms with Gasteiger partial charge in [-0.15, -0.1) is 23.7 Å². The molecular formula is C9H12ClNO2S. The molecule has 0 bridgehead atoms. The highest BCUT2D eigenvalue weighted by Crippen LogP contribution is 2.22. The zero-order chi connectivity index (χ0) is 9.26. The molecule has 1 aliphatic rings. The van der Waals surface area contributed by atoms with Gasteiger partial charge < -0.3 is 4.74 Å². The van der Waals surface area contributed by atoms with Crippen LogP contribution < -0.4 is 5.32 Å². The fourth-order valence-electron chi connectivity index (χ4n) is 1.50. The van der Waals surface area contributed by atoms with Gasteiger partial charge in [-0.25, -0.2) is 0 Å². The SMILES string of the molecule is COC(=O)[C@H]1Cc2sccc2CN1.Cl. The number of ether oxygens (including phenoxy) is 1. The lowest BCUT2D eigenvalue weighted by Crippen LogP contribution is -2.41. The first-order valence-electron chi connectivity index (χ1n) is 4.17. The first kappa shape index (κ1) is 11.5. The van der Waals surface area contributed by atoms with Crippen molar-refractivity contribution < 1.29 is 9.53 Å². The molecule has 0 aromatic carbocycles. The van der Waals surface area contributed by atoms with Crippen molar-refractivity contribution in [3.63, 3.8) is 0 Å². The minimum atomic E-state index is -0.168. The molecule has 1 atom stereocenters. The molecule has 0 saturated heterocycles. The van der Waals surface area contributed by atoms with Gasteiger partial charge in [-0.3, -0.25) is 10.1 Å². The summed E-state index contributed by atoms with van der Waals surface area (Å²) >= 11 is 1.71. The van der Waals surface area contributed by atoms with Crippen LogP contribution in [0.5, 0.6) is 0 Å². The van der Waals surface area contributed by atoms with Crippen LogP contribution in [0.2, 0.25) is 0 Å². The van der Waals surface area contributed by atoms with Crippen LogP contribution in [0.4, 0.5) is 0 Å². The number of thiophene rings is 1. The maximum atomic E-state index is 11.2. The summed E-state index contributed by atoms with van der Waals surface area (Å²) in [6.07, 6.45) is 0.764. The van der Waals surface area contributed by atoms with Crippen LogP contribution in [0.25, 0.3) is 0 Å². The molecule has 0 radical (unpaired) electrons. The lowest BCUT2D eigenvalue weighted by Gasteiger charge is -2.21. The molecule has 5 heteroatoms. The molecule has 0 unspecified atom stereocenters. The summed E-state index contributed by atoms with van der Waals surface area (Å²) in [5, 5.41) is 5.21. The van der Waals surface area contributed by atoms with Crippen molar-refractivity contribution in [2.45, 2.75) is 19.0 Å². The zero-order valence-electron chi connectivity index (χ0n) is 7.78. The Morgan fingerprint density at radius 3 is 3.21 bits per heavy atom. The van der Waals surface area contributed by atoms with Crippen molar-refractivity contribution in [1.29, 1.82) is 0 Å². The first-order chi connectivity index (χ1) is 6.31. The Morgan fingerprint density at radius 1 is 1.71 bits per heavy atom. The van der Waals surface area contributed by atoms with Crippen LogP contribution in [0.3, 0.4) is 0 Å². The largest absolute Gasteiger partial charge is 0.468 e. The van der Waals surface area contributed by atoms with E-state index in [4.69, 9.17) is 0 Å². The monoisotopic (exact) mass is 233 g/mol. The predicted molar refractivity (Wildman–Crippen MR) is 57.9 cm³/mol. The van der Waals surface area contributed by atoms with Crippen molar-refractivity contribution in [3.05, 3.63) is 21.9 Å². The van der Waals surface area contributed by atoms with E-state index < -0.39 is 0 Å². The van der Waals surface area contributed by atoms with Gasteiger partial charge in [0.1, 0.15) is 6.04 Å². The average Bonchev–Trinajstić information content (AvgIpc) is 2.63. The second-order valence-corrected chi connectivity index (χ2v) is 4.03. The summed E-state index contributed by atoms with van der Waals surface area (Å²) < 4.78 is 4.68. The summed E-state index contributed by atoms with van der Waals surface area (Å²) in [6.45, 7) is 0.776. The molecular weight excluding hydrogens is 222 g/mol. The molecule has 78 valence electrons. The van der Waals surface area contributed by atoms with Crippen molar-refractivity contribution in [2.75, 3.05) is 7.11 Å². The number of halogens is 1. The van der Waals surface area contributed by atoms with Gasteiger partial charge in [-0.2, -0.15) is 0 Å². The number of rotatable bonds is 1. The van der Waals surface area contributed by atoms with E-state index in [1.807, 2.05) is 0 Å². The van der Waals surface area contributed by atoms with Gasteiger partial charge in [-0.05, 0) is 17.0 Å². The molecule has 0 spiro atoms. The quantitative estimate of drug-likeness (QED) is 0.745. The zero-order valence-corrected chi connectivity index (χ0v) is 9.41. The molecule has 1 aromatic heterocycles. The number of methoxy groups -OCH3 is 1. The lowest BCUT2D eigenvalue weighted by molar-refractivity contribution is -0.143. The highest BCUT2D eigenvalue weighted by atomic mass is 35.5. The highest BCUT2D eigenvalue weighted by molar-refractivity contribution is 7.10. The molecule has 0 amide bonds. The molecule has 14 heavy (non-hydrogen) atoms. The molecule has 0 saturated carbocycles. The Hall–Kier alpha value is -0.580. The minimum absolute atomic E-state index is 0. The number of fused-ring (bicyclic) bond motifs is 1. The van der Waals surface area contributed by atoms with Gasteiger partial charge in [-0.1, -0.05) is 0 Å². The number of carbonyl (C=O) groups is 1. The Morgan fingerprint density at radius 2 is 2.50 bits per heavy atom. The predicted octanol–water partition coefficient (Wildman–Crippen LogP) is 1.36. The highest BCUT2D eigenvalue weighted by Gasteiger charge is 2.25. The van der Waals surface area contributed by atoms with Gasteiger partial charge in [0.15, 0.2) is 0 Å². The van der Waals surface area contributed by atoms with E-state index in [9.17, 15) is 4.79 Å². The van der Waals surface area contributed by atoms with Crippen molar-refractivity contribution in [1.82, 2.24) is 5.32 Å². The minimum Gasteiger partial charge on any atom is -0.468 e. The average molecular weight is 234 g/mol. The third-order valence-electron chi connectivity index (χ3n) is 2.25. The van der Waals surface area contributed by atoms with E-state index in [1.54, 1.807) is 11.3 Å². The summed E-state index contributed by atoms with van der Waals surface area (Å²) in [5.41, 5.74) is 1.31. The van der Waals surface area contributed by atoms with Crippen LogP contribution in [0.15, 0.2) is 11.4 Å². The molecule has 0 aliphatic carbocycles. The summed E-state index contributed by atoms with van der Waals surface area (Å²) in [5.74, 6) is -0.168. The number of hydrogen-bond donors (Lipinski definition) is 1. The second kappa shape index (κ2) is 4.77. The van der Waals surface area contributed by atoms with Gasteiger partial charge in [0.25, 0.3) is 0 Å². The van der Waals surface area contributed by atoms with Crippen LogP contribution in [-0.4, -0.2) is 19.1 Å². The number of nitrogens with one attached hydrogen (secondary N) is 1. The second-order valence-electron chi connectivity index (χ2n) is 3.03. The maximum Gasteiger partial charge on any atom is 0.323 e. The van der Waals surface area contributed by atoms with E-state index >= 15 is 0 Å². The van der Waals surface area contributed by atoms with Gasteiger partial charge >= 0.3 is 5.97 Å². The molecule has 1 N–H and O–H groups in total. The summed E-state index contributed by atoms with van der Waals surface area (Å²) in [4.78, 5) is 12.5. The fraction of sp³-hybridized carbons (Fsp3) is 0.444. The fourth-order valence-corrected chi connectivity index (χ4v) is 2.45. The van der Waals surface area contributed by atoms with E-state index in [-0.39, 0.29) is 24.4 Å². The third kappa shape index (κ3) is 2.08. The lowest BCUT2D eigenvalue weighted by atomic mass is 10.1. The third-order valence-corrected chi connectivity index (χ3v) is 3.24. The Labute approximate surface area is 92.9 Å². The topological polar surface area (TPSA) is 38.3 Å². The molecule has 1 aliphatic heterocycles. The van der Waals surface area contributed by atoms with E-state index in [2.05, 4.69) is 21.5 Å². The normalized spacial score (nSPS) is 19.4. The molecule has 2 heterocycles. The number of hydrogen-bond acceptors (Lipinski definition) is 4. The van der Waals surface area contributed by atoms with Crippen molar-refractivity contribution in [3.8, 4) is 0 Å². The molecule has 3 nitrogen and oxygen atoms in total. The number of esters is 1. The Balaban J connectivity index is 0.000000980. The first-order valence-corrected chi connectivity index (χ1v) is 5.05. The van der Waals surface area contributed by atoms with Gasteiger partial charge in [0.05, 0.1) is 7.11 Å². The number of carbonyl (C=O) groups excluding carboxylic acids is 1. The molecule has 1 aromatic rings. The van der Waals surface area contributed by atoms with Crippen LogP contribution >= 0.6 is 23.7 Å². The van der Waals surface area contributed by atoms with Crippen molar-refractivity contribution in [2.24, 2.45) is 0 Å². The molecule has 2 rings (SSSR count). The summed E-state index contributed by atoms with van der Waals surface area (Å²) in [7, 11) is 1.42. The van der Waals surface area contributed by atoms with E-state index in [0.29, 0.717) is 0 Å². The molecule has 0 fully saturated rings. The van der Waals surface area contributed by atoms with Crippen LogP contribution in [0.1, 0.15) is 10.4 Å². The van der Waals surface area contributed by atoms with Gasteiger partial charge in [0, 0.05) is 17.8 Å². The van der Waals surface area contributed by atoms with E-state index in [0.717, 1.165) is 13.0 Å². The van der Waals surface area contributed by atoms with Crippen molar-refractivity contribution >= 4 is 29.7 Å². The maximum absolute atomic E-state index is 11.2. The smallest absolute Gasteiger partial charge is 0.323 e. The summed E-state index contributed by atoms with van der Waals surface area (Å²) in [6, 6.07) is 1.94.